The second kappa shape index (κ2) is 8.50. The molecule has 0 unspecified atom stereocenters. The molecular formula is C16H16F3N5O4. The van der Waals surface area contributed by atoms with Crippen molar-refractivity contribution in [3.63, 3.8) is 0 Å². The van der Waals surface area contributed by atoms with Gasteiger partial charge in [0, 0.05) is 6.54 Å². The smallest absolute Gasteiger partial charge is 0.418 e. The second-order valence-corrected chi connectivity index (χ2v) is 5.61. The van der Waals surface area contributed by atoms with Crippen molar-refractivity contribution in [2.75, 3.05) is 18.4 Å². The van der Waals surface area contributed by atoms with Crippen LogP contribution in [0.15, 0.2) is 30.5 Å². The fraction of sp³-hybridized carbons (Fsp3) is 0.312. The summed E-state index contributed by atoms with van der Waals surface area (Å²) in [6.07, 6.45) is -3.59. The standard InChI is InChI=1S/C16H16F3N5O4/c1-2-23(14(26)9-24-7-12(15(27)28)21-22-24)8-13(25)20-11-6-4-3-5-10(11)16(17,18)19/h3-7H,2,8-9H2,1H3,(H,20,25)(H,27,28). The predicted molar refractivity (Wildman–Crippen MR) is 89.3 cm³/mol. The molecule has 0 spiro atoms. The summed E-state index contributed by atoms with van der Waals surface area (Å²) in [7, 11) is 0. The lowest BCUT2D eigenvalue weighted by atomic mass is 10.1. The summed E-state index contributed by atoms with van der Waals surface area (Å²) < 4.78 is 39.9. The first-order valence-corrected chi connectivity index (χ1v) is 7.99. The molecule has 0 saturated carbocycles. The van der Waals surface area contributed by atoms with Crippen LogP contribution in [0.1, 0.15) is 23.0 Å². The maximum Gasteiger partial charge on any atom is 0.418 e. The monoisotopic (exact) mass is 399 g/mol. The lowest BCUT2D eigenvalue weighted by Crippen LogP contribution is -2.39. The summed E-state index contributed by atoms with van der Waals surface area (Å²) in [6.45, 7) is 0.828. The number of nitrogens with zero attached hydrogens (tertiary/aromatic N) is 4. The van der Waals surface area contributed by atoms with E-state index in [4.69, 9.17) is 5.11 Å². The summed E-state index contributed by atoms with van der Waals surface area (Å²) in [5.74, 6) is -2.70. The maximum absolute atomic E-state index is 13.0. The molecule has 0 aliphatic heterocycles. The van der Waals surface area contributed by atoms with E-state index in [9.17, 15) is 27.6 Å². The van der Waals surface area contributed by atoms with Gasteiger partial charge in [-0.25, -0.2) is 9.48 Å². The third kappa shape index (κ3) is 5.28. The first kappa shape index (κ1) is 20.9. The van der Waals surface area contributed by atoms with Crippen LogP contribution in [0.2, 0.25) is 0 Å². The Hall–Kier alpha value is -3.44. The number of amides is 2. The van der Waals surface area contributed by atoms with Crippen LogP contribution in [0, 0.1) is 0 Å². The van der Waals surface area contributed by atoms with Gasteiger partial charge >= 0.3 is 12.1 Å². The van der Waals surface area contributed by atoms with E-state index in [2.05, 4.69) is 15.6 Å². The Labute approximate surface area is 156 Å². The van der Waals surface area contributed by atoms with Crippen LogP contribution in [-0.2, 0) is 22.3 Å². The summed E-state index contributed by atoms with van der Waals surface area (Å²) in [5, 5.41) is 17.8. The summed E-state index contributed by atoms with van der Waals surface area (Å²) >= 11 is 0. The molecule has 0 aliphatic rings. The van der Waals surface area contributed by atoms with Crippen molar-refractivity contribution < 1.29 is 32.7 Å². The van der Waals surface area contributed by atoms with Crippen LogP contribution in [0.25, 0.3) is 0 Å². The van der Waals surface area contributed by atoms with Gasteiger partial charge in [0.05, 0.1) is 24.0 Å². The summed E-state index contributed by atoms with van der Waals surface area (Å²) in [4.78, 5) is 36.2. The Morgan fingerprint density at radius 2 is 1.93 bits per heavy atom. The lowest BCUT2D eigenvalue weighted by molar-refractivity contribution is -0.137. The molecule has 28 heavy (non-hydrogen) atoms. The van der Waals surface area contributed by atoms with E-state index < -0.39 is 41.8 Å². The number of carbonyl (C=O) groups is 3. The van der Waals surface area contributed by atoms with Crippen molar-refractivity contribution in [3.8, 4) is 0 Å². The average molecular weight is 399 g/mol. The van der Waals surface area contributed by atoms with Gasteiger partial charge in [0.2, 0.25) is 11.8 Å². The van der Waals surface area contributed by atoms with E-state index >= 15 is 0 Å². The highest BCUT2D eigenvalue weighted by atomic mass is 19.4. The number of rotatable bonds is 7. The zero-order valence-corrected chi connectivity index (χ0v) is 14.6. The largest absolute Gasteiger partial charge is 0.476 e. The van der Waals surface area contributed by atoms with Gasteiger partial charge in [-0.15, -0.1) is 5.10 Å². The molecule has 2 N–H and O–H groups in total. The highest BCUT2D eigenvalue weighted by Crippen LogP contribution is 2.34. The number of para-hydroxylation sites is 1. The Kier molecular flexibility index (Phi) is 6.33. The molecule has 2 amide bonds. The van der Waals surface area contributed by atoms with Gasteiger partial charge in [0.1, 0.15) is 6.54 Å². The lowest BCUT2D eigenvalue weighted by Gasteiger charge is -2.21. The van der Waals surface area contributed by atoms with Gasteiger partial charge in [-0.2, -0.15) is 13.2 Å². The minimum atomic E-state index is -4.64. The Morgan fingerprint density at radius 3 is 2.50 bits per heavy atom. The number of aromatic nitrogens is 3. The number of nitrogens with one attached hydrogen (secondary N) is 1. The number of alkyl halides is 3. The van der Waals surface area contributed by atoms with E-state index in [1.165, 1.54) is 12.1 Å². The molecule has 0 aliphatic carbocycles. The zero-order valence-electron chi connectivity index (χ0n) is 14.6. The molecule has 0 radical (unpaired) electrons. The number of benzene rings is 1. The molecule has 9 nitrogen and oxygen atoms in total. The van der Waals surface area contributed by atoms with Crippen LogP contribution in [-0.4, -0.2) is 55.9 Å². The highest BCUT2D eigenvalue weighted by molar-refractivity contribution is 5.95. The van der Waals surface area contributed by atoms with Crippen molar-refractivity contribution in [2.24, 2.45) is 0 Å². The number of hydrogen-bond acceptors (Lipinski definition) is 5. The van der Waals surface area contributed by atoms with E-state index in [1.807, 2.05) is 0 Å². The normalized spacial score (nSPS) is 11.1. The molecule has 1 heterocycles. The molecule has 2 aromatic rings. The van der Waals surface area contributed by atoms with E-state index in [0.29, 0.717) is 0 Å². The van der Waals surface area contributed by atoms with Crippen LogP contribution in [0.3, 0.4) is 0 Å². The fourth-order valence-electron chi connectivity index (χ4n) is 2.29. The van der Waals surface area contributed by atoms with Crippen molar-refractivity contribution in [1.29, 1.82) is 0 Å². The second-order valence-electron chi connectivity index (χ2n) is 5.61. The van der Waals surface area contributed by atoms with Gasteiger partial charge < -0.3 is 15.3 Å². The first-order valence-electron chi connectivity index (χ1n) is 7.99. The van der Waals surface area contributed by atoms with Crippen molar-refractivity contribution in [3.05, 3.63) is 41.7 Å². The van der Waals surface area contributed by atoms with Crippen molar-refractivity contribution >= 4 is 23.5 Å². The molecule has 150 valence electrons. The minimum Gasteiger partial charge on any atom is -0.476 e. The van der Waals surface area contributed by atoms with Gasteiger partial charge in [-0.1, -0.05) is 17.3 Å². The third-order valence-corrected chi connectivity index (χ3v) is 3.63. The molecular weight excluding hydrogens is 383 g/mol. The third-order valence-electron chi connectivity index (χ3n) is 3.63. The number of carbonyl (C=O) groups excluding carboxylic acids is 2. The zero-order chi connectivity index (χ0) is 20.9. The van der Waals surface area contributed by atoms with Crippen molar-refractivity contribution in [2.45, 2.75) is 19.6 Å². The maximum atomic E-state index is 13.0. The molecule has 0 saturated heterocycles. The van der Waals surface area contributed by atoms with Gasteiger partial charge in [0.25, 0.3) is 0 Å². The van der Waals surface area contributed by atoms with Gasteiger partial charge in [-0.05, 0) is 19.1 Å². The molecule has 0 fully saturated rings. The molecule has 0 bridgehead atoms. The minimum absolute atomic E-state index is 0.105. The van der Waals surface area contributed by atoms with E-state index in [-0.39, 0.29) is 18.8 Å². The Balaban J connectivity index is 2.03. The van der Waals surface area contributed by atoms with Crippen LogP contribution < -0.4 is 5.32 Å². The summed E-state index contributed by atoms with van der Waals surface area (Å²) in [6, 6.07) is 4.49. The number of carboxylic acids is 1. The number of aromatic carboxylic acids is 1. The fourth-order valence-corrected chi connectivity index (χ4v) is 2.29. The quantitative estimate of drug-likeness (QED) is 0.728. The topological polar surface area (TPSA) is 117 Å². The molecule has 1 aromatic heterocycles. The first-order chi connectivity index (χ1) is 13.1. The van der Waals surface area contributed by atoms with Crippen molar-refractivity contribution in [1.82, 2.24) is 19.9 Å². The number of hydrogen-bond donors (Lipinski definition) is 2. The van der Waals surface area contributed by atoms with Gasteiger partial charge in [-0.3, -0.25) is 9.59 Å². The predicted octanol–water partition coefficient (Wildman–Crippen LogP) is 1.48. The Morgan fingerprint density at radius 1 is 1.25 bits per heavy atom. The average Bonchev–Trinajstić information content (AvgIpc) is 3.08. The number of carboxylic acid groups (broad SMARTS) is 1. The SMILES string of the molecule is CCN(CC(=O)Nc1ccccc1C(F)(F)F)C(=O)Cn1cc(C(=O)O)nn1. The van der Waals surface area contributed by atoms with Crippen LogP contribution in [0.5, 0.6) is 0 Å². The number of anilines is 1. The van der Waals surface area contributed by atoms with Crippen LogP contribution in [0.4, 0.5) is 18.9 Å². The number of halogens is 3. The molecule has 0 atom stereocenters. The molecule has 2 rings (SSSR count). The summed E-state index contributed by atoms with van der Waals surface area (Å²) in [5.41, 5.74) is -1.76. The molecule has 12 heteroatoms. The van der Waals surface area contributed by atoms with Gasteiger partial charge in [0.15, 0.2) is 5.69 Å². The van der Waals surface area contributed by atoms with E-state index in [0.717, 1.165) is 27.9 Å². The molecule has 1 aromatic carbocycles. The van der Waals surface area contributed by atoms with E-state index in [1.54, 1.807) is 6.92 Å². The van der Waals surface area contributed by atoms with Crippen LogP contribution >= 0.6 is 0 Å². The Bertz CT molecular complexity index is 881. The highest BCUT2D eigenvalue weighted by Gasteiger charge is 2.33. The number of likely N-dealkylation sites (N-methyl/N-ethyl adjacent to an activating group) is 1.